The Labute approximate surface area is 138 Å². The average molecular weight is 342 g/mol. The maximum atomic E-state index is 12.4. The first kappa shape index (κ1) is 18.0. The van der Waals surface area contributed by atoms with Crippen LogP contribution in [0.4, 0.5) is 4.79 Å². The minimum Gasteiger partial charge on any atom is -0.467 e. The number of hydrogen-bond acceptors (Lipinski definition) is 6. The monoisotopic (exact) mass is 342 g/mol. The van der Waals surface area contributed by atoms with Gasteiger partial charge in [-0.15, -0.1) is 0 Å². The lowest BCUT2D eigenvalue weighted by molar-refractivity contribution is -0.146. The lowest BCUT2D eigenvalue weighted by atomic mass is 9.98. The normalized spacial score (nSPS) is 24.9. The van der Waals surface area contributed by atoms with Crippen LogP contribution in [0.5, 0.6) is 0 Å². The molecular weight excluding hydrogens is 320 g/mol. The van der Waals surface area contributed by atoms with Gasteiger partial charge in [0.15, 0.2) is 0 Å². The predicted molar refractivity (Wildman–Crippen MR) is 80.6 cm³/mol. The van der Waals surface area contributed by atoms with E-state index in [9.17, 15) is 19.2 Å². The van der Waals surface area contributed by atoms with Crippen LogP contribution in [0.1, 0.15) is 25.7 Å². The number of hydrazine groups is 1. The van der Waals surface area contributed by atoms with Crippen molar-refractivity contribution in [2.75, 3.05) is 20.2 Å². The summed E-state index contributed by atoms with van der Waals surface area (Å²) in [4.78, 5) is 46.9. The second-order valence-corrected chi connectivity index (χ2v) is 5.85. The summed E-state index contributed by atoms with van der Waals surface area (Å²) < 4.78 is 4.70. The van der Waals surface area contributed by atoms with E-state index in [1.807, 2.05) is 0 Å². The van der Waals surface area contributed by atoms with Gasteiger partial charge < -0.3 is 20.5 Å². The molecule has 134 valence electrons. The fourth-order valence-corrected chi connectivity index (χ4v) is 2.89. The lowest BCUT2D eigenvalue weighted by Gasteiger charge is -2.32. The van der Waals surface area contributed by atoms with Gasteiger partial charge in [-0.2, -0.15) is 0 Å². The van der Waals surface area contributed by atoms with Crippen LogP contribution in [0.25, 0.3) is 0 Å². The number of amides is 3. The van der Waals surface area contributed by atoms with Crippen molar-refractivity contribution in [1.82, 2.24) is 21.1 Å². The van der Waals surface area contributed by atoms with Crippen LogP contribution in [0.2, 0.25) is 0 Å². The molecule has 0 bridgehead atoms. The number of carboxylic acid groups (broad SMARTS) is 1. The van der Waals surface area contributed by atoms with Gasteiger partial charge in [-0.1, -0.05) is 0 Å². The summed E-state index contributed by atoms with van der Waals surface area (Å²) >= 11 is 0. The Morgan fingerprint density at radius 3 is 2.75 bits per heavy atom. The molecule has 10 nitrogen and oxygen atoms in total. The third-order valence-electron chi connectivity index (χ3n) is 4.22. The molecule has 2 fully saturated rings. The van der Waals surface area contributed by atoms with E-state index in [1.165, 1.54) is 7.11 Å². The predicted octanol–water partition coefficient (Wildman–Crippen LogP) is -1.18. The molecule has 2 aliphatic rings. The van der Waals surface area contributed by atoms with Gasteiger partial charge in [0.1, 0.15) is 12.1 Å². The first-order chi connectivity index (χ1) is 11.4. The lowest BCUT2D eigenvalue weighted by Crippen LogP contribution is -2.59. The second-order valence-electron chi connectivity index (χ2n) is 5.85. The van der Waals surface area contributed by atoms with Crippen LogP contribution < -0.4 is 16.1 Å². The molecule has 2 heterocycles. The van der Waals surface area contributed by atoms with E-state index in [4.69, 9.17) is 9.84 Å². The molecule has 0 aliphatic carbocycles. The van der Waals surface area contributed by atoms with E-state index >= 15 is 0 Å². The fourth-order valence-electron chi connectivity index (χ4n) is 2.89. The molecule has 0 spiro atoms. The maximum Gasteiger partial charge on any atom is 0.421 e. The molecule has 2 rings (SSSR count). The number of nitrogens with zero attached hydrogens (tertiary/aromatic N) is 1. The zero-order valence-corrected chi connectivity index (χ0v) is 13.4. The number of nitrogens with one attached hydrogen (secondary N) is 3. The molecule has 2 saturated heterocycles. The van der Waals surface area contributed by atoms with Crippen molar-refractivity contribution >= 4 is 23.9 Å². The Balaban J connectivity index is 1.97. The molecule has 3 amide bonds. The van der Waals surface area contributed by atoms with E-state index in [0.717, 1.165) is 5.01 Å². The highest BCUT2D eigenvalue weighted by molar-refractivity contribution is 5.88. The maximum absolute atomic E-state index is 12.4. The second kappa shape index (κ2) is 7.95. The number of ether oxygens (including phenoxy) is 1. The van der Waals surface area contributed by atoms with E-state index in [-0.39, 0.29) is 18.2 Å². The Bertz CT molecular complexity index is 525. The van der Waals surface area contributed by atoms with Crippen LogP contribution in [0.15, 0.2) is 0 Å². The Kier molecular flexibility index (Phi) is 5.96. The van der Waals surface area contributed by atoms with Crippen molar-refractivity contribution in [2.45, 2.75) is 37.8 Å². The summed E-state index contributed by atoms with van der Waals surface area (Å²) in [6.07, 6.45) is 0.564. The SMILES string of the molecule is COC(=O)C(C[C@@H]1CCNC1=O)NC(=O)[C@@H]1CCCN(C(=O)O)N1. The van der Waals surface area contributed by atoms with Gasteiger partial charge in [-0.25, -0.2) is 20.0 Å². The number of rotatable bonds is 5. The molecule has 0 aromatic carbocycles. The zero-order chi connectivity index (χ0) is 17.7. The topological polar surface area (TPSA) is 137 Å². The highest BCUT2D eigenvalue weighted by atomic mass is 16.5. The van der Waals surface area contributed by atoms with Gasteiger partial charge >= 0.3 is 12.1 Å². The summed E-state index contributed by atoms with van der Waals surface area (Å²) in [5.74, 6) is -1.63. The largest absolute Gasteiger partial charge is 0.467 e. The summed E-state index contributed by atoms with van der Waals surface area (Å²) in [6, 6.07) is -1.70. The molecule has 0 radical (unpaired) electrons. The van der Waals surface area contributed by atoms with Gasteiger partial charge in [-0.05, 0) is 25.7 Å². The minimum absolute atomic E-state index is 0.147. The molecule has 0 saturated carbocycles. The molecule has 0 aromatic heterocycles. The number of esters is 1. The first-order valence-electron chi connectivity index (χ1n) is 7.85. The summed E-state index contributed by atoms with van der Waals surface area (Å²) in [6.45, 7) is 0.838. The van der Waals surface area contributed by atoms with Crippen LogP contribution in [-0.2, 0) is 19.1 Å². The zero-order valence-electron chi connectivity index (χ0n) is 13.4. The molecule has 3 atom stereocenters. The van der Waals surface area contributed by atoms with Crippen LogP contribution >= 0.6 is 0 Å². The van der Waals surface area contributed by atoms with E-state index in [2.05, 4.69) is 16.1 Å². The minimum atomic E-state index is -1.17. The Hall–Kier alpha value is -2.36. The quantitative estimate of drug-likeness (QED) is 0.461. The van der Waals surface area contributed by atoms with Crippen molar-refractivity contribution in [3.05, 3.63) is 0 Å². The number of hydrogen-bond donors (Lipinski definition) is 4. The van der Waals surface area contributed by atoms with Crippen LogP contribution in [0, 0.1) is 5.92 Å². The molecule has 1 unspecified atom stereocenters. The van der Waals surface area contributed by atoms with Gasteiger partial charge in [0, 0.05) is 19.0 Å². The molecule has 2 aliphatic heterocycles. The third-order valence-corrected chi connectivity index (χ3v) is 4.22. The molecule has 4 N–H and O–H groups in total. The van der Waals surface area contributed by atoms with E-state index in [1.54, 1.807) is 0 Å². The molecule has 0 aromatic rings. The van der Waals surface area contributed by atoms with Crippen molar-refractivity contribution in [2.24, 2.45) is 5.92 Å². The highest BCUT2D eigenvalue weighted by Gasteiger charge is 2.34. The smallest absolute Gasteiger partial charge is 0.421 e. The van der Waals surface area contributed by atoms with E-state index < -0.39 is 30.1 Å². The number of carbonyl (C=O) groups is 4. The third kappa shape index (κ3) is 4.34. The van der Waals surface area contributed by atoms with Crippen LogP contribution in [-0.4, -0.2) is 66.3 Å². The summed E-state index contributed by atoms with van der Waals surface area (Å²) in [5, 5.41) is 15.2. The van der Waals surface area contributed by atoms with Crippen molar-refractivity contribution < 1.29 is 29.0 Å². The number of methoxy groups -OCH3 is 1. The van der Waals surface area contributed by atoms with Crippen molar-refractivity contribution in [3.63, 3.8) is 0 Å². The molecular formula is C14H22N4O6. The fraction of sp³-hybridized carbons (Fsp3) is 0.714. The standard InChI is InChI=1S/C14H22N4O6/c1-24-13(21)10(7-8-4-5-15-11(8)19)16-12(20)9-3-2-6-18(17-9)14(22)23/h8-10,17H,2-7H2,1H3,(H,15,19)(H,16,20)(H,22,23)/t8-,9-,10?/m0/s1. The van der Waals surface area contributed by atoms with Crippen molar-refractivity contribution in [3.8, 4) is 0 Å². The highest BCUT2D eigenvalue weighted by Crippen LogP contribution is 2.17. The first-order valence-corrected chi connectivity index (χ1v) is 7.85. The number of carbonyl (C=O) groups excluding carboxylic acids is 3. The van der Waals surface area contributed by atoms with Crippen molar-refractivity contribution in [1.29, 1.82) is 0 Å². The summed E-state index contributed by atoms with van der Waals surface area (Å²) in [5.41, 5.74) is 2.61. The molecule has 24 heavy (non-hydrogen) atoms. The summed E-state index contributed by atoms with van der Waals surface area (Å²) in [7, 11) is 1.21. The van der Waals surface area contributed by atoms with E-state index in [0.29, 0.717) is 32.4 Å². The average Bonchev–Trinajstić information content (AvgIpc) is 2.98. The Morgan fingerprint density at radius 1 is 1.42 bits per heavy atom. The molecule has 10 heteroatoms. The van der Waals surface area contributed by atoms with Gasteiger partial charge in [0.2, 0.25) is 11.8 Å². The van der Waals surface area contributed by atoms with Crippen LogP contribution in [0.3, 0.4) is 0 Å². The van der Waals surface area contributed by atoms with Gasteiger partial charge in [-0.3, -0.25) is 9.59 Å². The van der Waals surface area contributed by atoms with Gasteiger partial charge in [0.25, 0.3) is 0 Å². The Morgan fingerprint density at radius 2 is 2.17 bits per heavy atom. The van der Waals surface area contributed by atoms with Gasteiger partial charge in [0.05, 0.1) is 7.11 Å².